The predicted octanol–water partition coefficient (Wildman–Crippen LogP) is 4.04. The molecule has 0 saturated carbocycles. The van der Waals surface area contributed by atoms with Gasteiger partial charge in [-0.05, 0) is 31.0 Å². The second-order valence-electron chi connectivity index (χ2n) is 5.76. The molecule has 0 aliphatic carbocycles. The van der Waals surface area contributed by atoms with Crippen molar-refractivity contribution in [1.29, 1.82) is 0 Å². The summed E-state index contributed by atoms with van der Waals surface area (Å²) in [4.78, 5) is 24.1. The minimum absolute atomic E-state index is 0.262. The number of aryl methyl sites for hydroxylation is 1. The summed E-state index contributed by atoms with van der Waals surface area (Å²) in [5.74, 6) is -0.0432. The van der Waals surface area contributed by atoms with Gasteiger partial charge in [0.2, 0.25) is 6.10 Å². The molecule has 5 nitrogen and oxygen atoms in total. The average Bonchev–Trinajstić information content (AvgIpc) is 2.65. The van der Waals surface area contributed by atoms with Crippen LogP contribution in [0.4, 0.5) is 0 Å². The summed E-state index contributed by atoms with van der Waals surface area (Å²) >= 11 is 0. The van der Waals surface area contributed by atoms with Gasteiger partial charge in [-0.2, -0.15) is 0 Å². The maximum atomic E-state index is 12.3. The molecule has 0 bridgehead atoms. The lowest BCUT2D eigenvalue weighted by Gasteiger charge is -2.18. The average molecular weight is 352 g/mol. The van der Waals surface area contributed by atoms with Crippen LogP contribution in [-0.4, -0.2) is 12.6 Å². The van der Waals surface area contributed by atoms with Gasteiger partial charge < -0.3 is 13.9 Å². The maximum Gasteiger partial charge on any atom is 0.352 e. The van der Waals surface area contributed by atoms with Crippen molar-refractivity contribution in [3.63, 3.8) is 0 Å². The molecule has 0 aliphatic heterocycles. The van der Waals surface area contributed by atoms with Crippen molar-refractivity contribution in [2.75, 3.05) is 6.61 Å². The number of rotatable bonds is 6. The second kappa shape index (κ2) is 7.87. The molecule has 0 spiro atoms. The van der Waals surface area contributed by atoms with E-state index in [4.69, 9.17) is 13.9 Å². The van der Waals surface area contributed by atoms with Crippen LogP contribution in [0.15, 0.2) is 63.8 Å². The molecule has 1 aromatic heterocycles. The Bertz CT molecular complexity index is 959. The van der Waals surface area contributed by atoms with Gasteiger partial charge in [-0.25, -0.2) is 9.59 Å². The molecule has 2 aromatic carbocycles. The van der Waals surface area contributed by atoms with Gasteiger partial charge in [0, 0.05) is 23.1 Å². The van der Waals surface area contributed by atoms with E-state index >= 15 is 0 Å². The molecular weight excluding hydrogens is 332 g/mol. The number of ether oxygens (including phenoxy) is 2. The maximum absolute atomic E-state index is 12.3. The lowest BCUT2D eigenvalue weighted by atomic mass is 10.1. The van der Waals surface area contributed by atoms with Crippen molar-refractivity contribution >= 4 is 16.9 Å². The number of hydrogen-bond donors (Lipinski definition) is 0. The largest absolute Gasteiger partial charge is 0.474 e. The van der Waals surface area contributed by atoms with E-state index in [1.807, 2.05) is 31.2 Å². The van der Waals surface area contributed by atoms with E-state index in [0.717, 1.165) is 17.4 Å². The SMILES string of the molecule is CCOC(=O)[C@@H](Oc1ccc2c(CC)cc(=O)oc2c1)c1ccccc1. The number of esters is 1. The molecule has 0 N–H and O–H groups in total. The van der Waals surface area contributed by atoms with E-state index in [2.05, 4.69) is 0 Å². The Morgan fingerprint density at radius 2 is 1.85 bits per heavy atom. The number of fused-ring (bicyclic) bond motifs is 1. The molecule has 0 fully saturated rings. The predicted molar refractivity (Wildman–Crippen MR) is 98.3 cm³/mol. The molecule has 26 heavy (non-hydrogen) atoms. The number of carbonyl (C=O) groups excluding carboxylic acids is 1. The first-order valence-corrected chi connectivity index (χ1v) is 8.57. The Labute approximate surface area is 151 Å². The highest BCUT2D eigenvalue weighted by molar-refractivity contribution is 5.82. The number of hydrogen-bond acceptors (Lipinski definition) is 5. The quantitative estimate of drug-likeness (QED) is 0.495. The fraction of sp³-hybridized carbons (Fsp3) is 0.238. The van der Waals surface area contributed by atoms with Crippen molar-refractivity contribution in [3.8, 4) is 5.75 Å². The second-order valence-corrected chi connectivity index (χ2v) is 5.76. The highest BCUT2D eigenvalue weighted by Crippen LogP contribution is 2.27. The molecule has 3 aromatic rings. The number of benzene rings is 2. The molecule has 1 atom stereocenters. The molecule has 1 heterocycles. The molecule has 0 unspecified atom stereocenters. The van der Waals surface area contributed by atoms with Crippen LogP contribution < -0.4 is 10.4 Å². The van der Waals surface area contributed by atoms with Crippen LogP contribution in [-0.2, 0) is 16.0 Å². The van der Waals surface area contributed by atoms with E-state index in [1.165, 1.54) is 6.07 Å². The molecule has 3 rings (SSSR count). The summed E-state index contributed by atoms with van der Waals surface area (Å²) in [6.45, 7) is 3.99. The summed E-state index contributed by atoms with van der Waals surface area (Å²) in [5, 5.41) is 0.854. The summed E-state index contributed by atoms with van der Waals surface area (Å²) in [6, 6.07) is 15.9. The smallest absolute Gasteiger partial charge is 0.352 e. The third-order valence-electron chi connectivity index (χ3n) is 4.04. The van der Waals surface area contributed by atoms with Crippen molar-refractivity contribution in [2.24, 2.45) is 0 Å². The lowest BCUT2D eigenvalue weighted by Crippen LogP contribution is -2.21. The van der Waals surface area contributed by atoms with Crippen LogP contribution in [0.2, 0.25) is 0 Å². The van der Waals surface area contributed by atoms with Gasteiger partial charge in [-0.3, -0.25) is 0 Å². The fourth-order valence-corrected chi connectivity index (χ4v) is 2.81. The molecule has 0 radical (unpaired) electrons. The van der Waals surface area contributed by atoms with Gasteiger partial charge in [-0.1, -0.05) is 37.3 Å². The van der Waals surface area contributed by atoms with Crippen LogP contribution >= 0.6 is 0 Å². The van der Waals surface area contributed by atoms with E-state index in [1.54, 1.807) is 31.2 Å². The van der Waals surface area contributed by atoms with E-state index < -0.39 is 17.7 Å². The first-order chi connectivity index (χ1) is 12.6. The Morgan fingerprint density at radius 3 is 2.54 bits per heavy atom. The lowest BCUT2D eigenvalue weighted by molar-refractivity contribution is -0.151. The van der Waals surface area contributed by atoms with Crippen molar-refractivity contribution in [1.82, 2.24) is 0 Å². The fourth-order valence-electron chi connectivity index (χ4n) is 2.81. The third kappa shape index (κ3) is 3.77. The highest BCUT2D eigenvalue weighted by Gasteiger charge is 2.24. The normalized spacial score (nSPS) is 11.9. The van der Waals surface area contributed by atoms with Gasteiger partial charge in [0.15, 0.2) is 0 Å². The van der Waals surface area contributed by atoms with Gasteiger partial charge in [0.05, 0.1) is 6.61 Å². The first-order valence-electron chi connectivity index (χ1n) is 8.57. The summed E-state index contributed by atoms with van der Waals surface area (Å²) in [7, 11) is 0. The van der Waals surface area contributed by atoms with Crippen molar-refractivity contribution < 1.29 is 18.7 Å². The first kappa shape index (κ1) is 17.7. The van der Waals surface area contributed by atoms with E-state index in [0.29, 0.717) is 16.9 Å². The van der Waals surface area contributed by atoms with Crippen molar-refractivity contribution in [3.05, 3.63) is 76.1 Å². The van der Waals surface area contributed by atoms with Gasteiger partial charge in [-0.15, -0.1) is 0 Å². The Hall–Kier alpha value is -3.08. The third-order valence-corrected chi connectivity index (χ3v) is 4.04. The monoisotopic (exact) mass is 352 g/mol. The summed E-state index contributed by atoms with van der Waals surface area (Å²) in [5.41, 5.74) is 1.63. The Kier molecular flexibility index (Phi) is 5.37. The van der Waals surface area contributed by atoms with Crippen molar-refractivity contribution in [2.45, 2.75) is 26.4 Å². The molecule has 0 aliphatic rings. The molecule has 134 valence electrons. The molecule has 0 saturated heterocycles. The van der Waals surface area contributed by atoms with Gasteiger partial charge in [0.25, 0.3) is 0 Å². The van der Waals surface area contributed by atoms with Crippen LogP contribution in [0.1, 0.15) is 31.1 Å². The molecular formula is C21H20O5. The summed E-state index contributed by atoms with van der Waals surface area (Å²) < 4.78 is 16.3. The zero-order chi connectivity index (χ0) is 18.5. The minimum Gasteiger partial charge on any atom is -0.474 e. The van der Waals surface area contributed by atoms with E-state index in [-0.39, 0.29) is 6.61 Å². The van der Waals surface area contributed by atoms with Gasteiger partial charge in [0.1, 0.15) is 11.3 Å². The van der Waals surface area contributed by atoms with Crippen LogP contribution in [0.25, 0.3) is 11.0 Å². The Morgan fingerprint density at radius 1 is 1.08 bits per heavy atom. The topological polar surface area (TPSA) is 65.7 Å². The highest BCUT2D eigenvalue weighted by atomic mass is 16.6. The molecule has 0 amide bonds. The van der Waals surface area contributed by atoms with Gasteiger partial charge >= 0.3 is 11.6 Å². The molecule has 5 heteroatoms. The van der Waals surface area contributed by atoms with Crippen LogP contribution in [0.3, 0.4) is 0 Å². The minimum atomic E-state index is -0.894. The van der Waals surface area contributed by atoms with E-state index in [9.17, 15) is 9.59 Å². The standard InChI is InChI=1S/C21H20O5/c1-3-14-12-19(22)26-18-13-16(10-11-17(14)18)25-20(21(23)24-4-2)15-8-6-5-7-9-15/h5-13,20H,3-4H2,1-2H3/t20-/m0/s1. The van der Waals surface area contributed by atoms with Crippen LogP contribution in [0.5, 0.6) is 5.75 Å². The van der Waals surface area contributed by atoms with Crippen LogP contribution in [0, 0.1) is 0 Å². The number of carbonyl (C=O) groups is 1. The zero-order valence-corrected chi connectivity index (χ0v) is 14.7. The summed E-state index contributed by atoms with van der Waals surface area (Å²) in [6.07, 6.45) is -0.174. The zero-order valence-electron chi connectivity index (χ0n) is 14.7. The Balaban J connectivity index is 1.98.